The molecule has 12 heteroatoms. The maximum Gasteiger partial charge on any atom is 0.569 e. The molecule has 1 N–H and O–H groups in total. The van der Waals surface area contributed by atoms with E-state index in [1.807, 2.05) is 42.5 Å². The normalized spacial score (nSPS) is 16.3. The van der Waals surface area contributed by atoms with Crippen LogP contribution in [0.1, 0.15) is 128 Å². The molecule has 6 aliphatic heterocycles. The second-order valence-corrected chi connectivity index (χ2v) is 30.8. The van der Waals surface area contributed by atoms with Gasteiger partial charge in [-0.3, -0.25) is 0 Å². The zero-order valence-corrected chi connectivity index (χ0v) is 59.5. The summed E-state index contributed by atoms with van der Waals surface area (Å²) in [6.45, 7) is 22.8. The molecule has 0 amide bonds. The molecule has 0 unspecified atom stereocenters. The summed E-state index contributed by atoms with van der Waals surface area (Å²) >= 11 is 7.36. The summed E-state index contributed by atoms with van der Waals surface area (Å²) in [5.41, 5.74) is 38.2. The highest BCUT2D eigenvalue weighted by Crippen LogP contribution is 2.66. The second kappa shape index (κ2) is 24.4. The number of benzene rings is 11. The minimum Gasteiger partial charge on any atom is -0.537 e. The lowest BCUT2D eigenvalue weighted by Gasteiger charge is -2.37. The van der Waals surface area contributed by atoms with E-state index in [0.717, 1.165) is 105 Å². The standard InChI is InChI=1S/C51H40N4.C27H12Br2N2.C12H15BNO2/c1-53-40-13-17-44-41-14-10-31(30-52)22-45(41)51(48(44)29-40)46-27-32(38-23-34-6-2-18-54-19-3-7-35(24-38)49(34)54)11-15-42(46)43-16-12-33(28-47(43)51)39-25-36-8-4-20-55-21-5-9-37(26-39)50(36)55;1-31-18-5-9-22-19-6-2-15(14-30)10-23(19)27(26(22)13-18)24-11-16(28)3-7-20(24)21-8-4-17(29)12-25(21)27;15-13-16-11-7-9-3-1-5-14-6-2-4-10(8-11)12(9)14/h10-17,22-29H,2-9,18-21H2;2-13H;7-8,15H,1-6H2. The van der Waals surface area contributed by atoms with Gasteiger partial charge in [0.05, 0.1) is 47.2 Å². The van der Waals surface area contributed by atoms with E-state index >= 15 is 0 Å². The molecule has 0 bridgehead atoms. The van der Waals surface area contributed by atoms with Crippen LogP contribution < -0.4 is 19.4 Å². The van der Waals surface area contributed by atoms with Crippen molar-refractivity contribution in [1.82, 2.24) is 0 Å². The van der Waals surface area contributed by atoms with Crippen molar-refractivity contribution in [1.29, 1.82) is 10.5 Å². The van der Waals surface area contributed by atoms with E-state index in [0.29, 0.717) is 22.5 Å². The second-order valence-electron chi connectivity index (χ2n) is 29.0. The smallest absolute Gasteiger partial charge is 0.537 e. The molecule has 10 aliphatic rings. The Balaban J connectivity index is 0.000000127. The third kappa shape index (κ3) is 9.46. The van der Waals surface area contributed by atoms with Gasteiger partial charge < -0.3 is 24.4 Å². The number of hydrogen-bond acceptors (Lipinski definition) is 7. The first-order valence-electron chi connectivity index (χ1n) is 36.0. The Morgan fingerprint density at radius 3 is 0.990 bits per heavy atom. The van der Waals surface area contributed by atoms with Gasteiger partial charge in [-0.05, 0) is 319 Å². The van der Waals surface area contributed by atoms with E-state index in [1.54, 1.807) is 0 Å². The molecular weight excluding hydrogens is 1380 g/mol. The monoisotopic (exact) mass is 1450 g/mol. The molecule has 21 rings (SSSR count). The van der Waals surface area contributed by atoms with Gasteiger partial charge in [0.25, 0.3) is 0 Å². The van der Waals surface area contributed by atoms with Crippen LogP contribution in [0.25, 0.3) is 76.5 Å². The van der Waals surface area contributed by atoms with Crippen LogP contribution in [0.15, 0.2) is 191 Å². The first kappa shape index (κ1) is 62.6. The first-order valence-corrected chi connectivity index (χ1v) is 37.6. The highest BCUT2D eigenvalue weighted by molar-refractivity contribution is 9.10. The highest BCUT2D eigenvalue weighted by atomic mass is 79.9. The molecule has 11 aromatic carbocycles. The van der Waals surface area contributed by atoms with E-state index in [1.165, 1.54) is 195 Å². The fourth-order valence-corrected chi connectivity index (χ4v) is 20.6. The van der Waals surface area contributed by atoms with Crippen LogP contribution in [0, 0.1) is 35.8 Å². The Morgan fingerprint density at radius 2 is 0.657 bits per heavy atom. The summed E-state index contributed by atoms with van der Waals surface area (Å²) in [5.74, 6) is 0.764. The third-order valence-electron chi connectivity index (χ3n) is 23.8. The number of nitriles is 2. The van der Waals surface area contributed by atoms with Gasteiger partial charge in [0, 0.05) is 65.3 Å². The zero-order chi connectivity index (χ0) is 68.7. The highest BCUT2D eigenvalue weighted by Gasteiger charge is 2.54. The van der Waals surface area contributed by atoms with Crippen molar-refractivity contribution in [2.45, 2.75) is 87.9 Å². The molecule has 0 saturated heterocycles. The summed E-state index contributed by atoms with van der Waals surface area (Å²) in [4.78, 5) is 15.4. The maximum atomic E-state index is 10.3. The van der Waals surface area contributed by atoms with Crippen molar-refractivity contribution in [3.8, 4) is 84.6 Å². The topological polar surface area (TPSA) is 95.5 Å². The summed E-state index contributed by atoms with van der Waals surface area (Å²) in [6, 6.07) is 70.3. The zero-order valence-electron chi connectivity index (χ0n) is 56.4. The van der Waals surface area contributed by atoms with Crippen molar-refractivity contribution < 1.29 is 9.68 Å². The van der Waals surface area contributed by atoms with Crippen molar-refractivity contribution in [3.63, 3.8) is 0 Å². The number of anilines is 3. The molecule has 9 nitrogen and oxygen atoms in total. The molecule has 102 heavy (non-hydrogen) atoms. The van der Waals surface area contributed by atoms with E-state index in [2.05, 4.69) is 208 Å². The summed E-state index contributed by atoms with van der Waals surface area (Å²) in [6.07, 6.45) is 14.1. The Bertz CT molecular complexity index is 5270. The quantitative estimate of drug-likeness (QED) is 0.139. The van der Waals surface area contributed by atoms with Crippen molar-refractivity contribution in [3.05, 3.63) is 303 Å². The number of halogens is 2. The van der Waals surface area contributed by atoms with Crippen LogP contribution in [0.5, 0.6) is 5.75 Å². The summed E-state index contributed by atoms with van der Waals surface area (Å²) in [5, 5.41) is 28.7. The average Bonchev–Trinajstić information content (AvgIpc) is 1.51. The van der Waals surface area contributed by atoms with Crippen LogP contribution in [-0.4, -0.2) is 52.0 Å². The molecule has 0 fully saturated rings. The Labute approximate surface area is 613 Å². The molecule has 0 aromatic heterocycles. The van der Waals surface area contributed by atoms with Crippen molar-refractivity contribution >= 4 is 68.0 Å². The largest absolute Gasteiger partial charge is 0.569 e. The molecular formula is C90H67BBr2N7O2. The molecule has 2 spiro atoms. The van der Waals surface area contributed by atoms with Crippen LogP contribution in [0.2, 0.25) is 0 Å². The Hall–Kier alpha value is -10.4. The molecule has 0 saturated carbocycles. The molecule has 0 atom stereocenters. The molecule has 1 radical (unpaired) electrons. The predicted octanol–water partition coefficient (Wildman–Crippen LogP) is 20.5. The van der Waals surface area contributed by atoms with Crippen LogP contribution in [0.4, 0.5) is 28.4 Å². The number of nitrogens with zero attached hydrogens (tertiary/aromatic N) is 7. The van der Waals surface area contributed by atoms with Gasteiger partial charge in [0.2, 0.25) is 0 Å². The summed E-state index contributed by atoms with van der Waals surface area (Å²) in [7, 11) is 0.762. The molecule has 491 valence electrons. The molecule has 11 aromatic rings. The predicted molar refractivity (Wildman–Crippen MR) is 415 cm³/mol. The van der Waals surface area contributed by atoms with Gasteiger partial charge in [0.15, 0.2) is 11.4 Å². The number of rotatable bonds is 4. The first-order chi connectivity index (χ1) is 50.1. The number of fused-ring (bicyclic) bond motifs is 20. The Kier molecular flexibility index (Phi) is 15.0. The third-order valence-corrected chi connectivity index (χ3v) is 24.8. The van der Waals surface area contributed by atoms with Crippen molar-refractivity contribution in [2.24, 2.45) is 0 Å². The van der Waals surface area contributed by atoms with E-state index < -0.39 is 10.8 Å². The van der Waals surface area contributed by atoms with Gasteiger partial charge in [-0.2, -0.15) is 10.5 Å². The minimum absolute atomic E-state index is 0.573. The average molecular weight is 1450 g/mol. The molecule has 4 aliphatic carbocycles. The van der Waals surface area contributed by atoms with Crippen LogP contribution in [-0.2, 0) is 49.4 Å². The fraction of sp³-hybridized carbons (Fsp3) is 0.222. The lowest BCUT2D eigenvalue weighted by molar-refractivity contribution is 0.452. The lowest BCUT2D eigenvalue weighted by atomic mass is 9.69. The van der Waals surface area contributed by atoms with Crippen LogP contribution >= 0.6 is 31.9 Å². The van der Waals surface area contributed by atoms with Gasteiger partial charge in [-0.25, -0.2) is 9.69 Å². The van der Waals surface area contributed by atoms with E-state index in [9.17, 15) is 10.5 Å². The number of hydrogen-bond donors (Lipinski definition) is 1. The number of aryl methyl sites for hydroxylation is 6. The van der Waals surface area contributed by atoms with Gasteiger partial charge in [0.1, 0.15) is 5.75 Å². The van der Waals surface area contributed by atoms with E-state index in [-0.39, 0.29) is 0 Å². The fourth-order valence-electron chi connectivity index (χ4n) is 19.9. The lowest BCUT2D eigenvalue weighted by Crippen LogP contribution is -2.34. The van der Waals surface area contributed by atoms with Crippen molar-refractivity contribution in [2.75, 3.05) is 54.0 Å². The SMILES string of the molecule is O[B]Oc1cc2c3c(c1)CCCN3CCC2.[C-]#[N+]c1ccc2c(c1)C1(c3cc(Br)ccc3-c3ccc(Br)cc31)c1cc(C#N)ccc1-2.[C-]#[N+]c1ccc2c(c1)C1(c3cc(C#N)ccc3-2)c2cc(-c3cc4c5c(c3)CCCN5CCC4)ccc2-c2ccc(-c3cc4c5c(c3)CCCN5CCC4)cc21. The minimum atomic E-state index is -0.673. The van der Waals surface area contributed by atoms with Gasteiger partial charge >= 0.3 is 7.69 Å². The van der Waals surface area contributed by atoms with Crippen LogP contribution in [0.3, 0.4) is 0 Å². The van der Waals surface area contributed by atoms with Gasteiger partial charge in [-0.1, -0.05) is 117 Å². The molecule has 6 heterocycles. The Morgan fingerprint density at radius 1 is 0.363 bits per heavy atom. The summed E-state index contributed by atoms with van der Waals surface area (Å²) < 4.78 is 7.10. The maximum absolute atomic E-state index is 10.3. The van der Waals surface area contributed by atoms with E-state index in [4.69, 9.17) is 22.8 Å². The van der Waals surface area contributed by atoms with Gasteiger partial charge in [-0.15, -0.1) is 0 Å².